The lowest BCUT2D eigenvalue weighted by Gasteiger charge is -2.43. The number of aromatic nitrogens is 3. The molecule has 1 aromatic carbocycles. The minimum atomic E-state index is -1.65. The van der Waals surface area contributed by atoms with Gasteiger partial charge in [-0.3, -0.25) is 10.1 Å². The van der Waals surface area contributed by atoms with Gasteiger partial charge in [0.15, 0.2) is 0 Å². The van der Waals surface area contributed by atoms with Crippen molar-refractivity contribution in [3.05, 3.63) is 63.2 Å². The zero-order valence-electron chi connectivity index (χ0n) is 21.8. The molecule has 8 nitrogen and oxygen atoms in total. The minimum Gasteiger partial charge on any atom is -0.372 e. The highest BCUT2D eigenvalue weighted by atomic mass is 35.5. The van der Waals surface area contributed by atoms with Gasteiger partial charge >= 0.3 is 0 Å². The zero-order valence-corrected chi connectivity index (χ0v) is 23.6. The quantitative estimate of drug-likeness (QED) is 0.131. The van der Waals surface area contributed by atoms with Crippen molar-refractivity contribution in [3.63, 3.8) is 0 Å². The normalized spacial score (nSPS) is 20.8. The average Bonchev–Trinajstić information content (AvgIpc) is 3.41. The van der Waals surface area contributed by atoms with Crippen LogP contribution in [0.5, 0.6) is 0 Å². The molecular formula is C26H35ClN4O4Si. The van der Waals surface area contributed by atoms with Gasteiger partial charge in [-0.15, -0.1) is 0 Å². The Morgan fingerprint density at radius 2 is 1.92 bits per heavy atom. The van der Waals surface area contributed by atoms with Crippen LogP contribution in [0.4, 0.5) is 5.69 Å². The monoisotopic (exact) mass is 530 g/mol. The maximum Gasteiger partial charge on any atom is 0.274 e. The second-order valence-corrected chi connectivity index (χ2v) is 17.2. The largest absolute Gasteiger partial charge is 0.372 e. The second-order valence-electron chi connectivity index (χ2n) is 11.2. The number of benzene rings is 1. The molecule has 3 atom stereocenters. The molecule has 0 aliphatic carbocycles. The number of para-hydroxylation sites is 1. The predicted molar refractivity (Wildman–Crippen MR) is 144 cm³/mol. The van der Waals surface area contributed by atoms with Crippen molar-refractivity contribution in [2.75, 3.05) is 0 Å². The van der Waals surface area contributed by atoms with E-state index >= 15 is 0 Å². The summed E-state index contributed by atoms with van der Waals surface area (Å²) in [5, 5.41) is 12.7. The smallest absolute Gasteiger partial charge is 0.274 e. The maximum atomic E-state index is 11.3. The van der Waals surface area contributed by atoms with Gasteiger partial charge in [-0.1, -0.05) is 64.5 Å². The highest BCUT2D eigenvalue weighted by molar-refractivity contribution is 6.81. The Morgan fingerprint density at radius 1 is 1.22 bits per heavy atom. The first kappa shape index (κ1) is 26.7. The Hall–Kier alpha value is -2.33. The fourth-order valence-corrected chi connectivity index (χ4v) is 8.53. The van der Waals surface area contributed by atoms with Gasteiger partial charge in [0.05, 0.1) is 43.3 Å². The van der Waals surface area contributed by atoms with Gasteiger partial charge in [-0.25, -0.2) is 9.97 Å². The van der Waals surface area contributed by atoms with Crippen LogP contribution in [-0.2, 0) is 22.7 Å². The summed E-state index contributed by atoms with van der Waals surface area (Å²) in [5.74, 6) is 0. The summed E-state index contributed by atoms with van der Waals surface area (Å²) in [6.45, 7) is 14.5. The van der Waals surface area contributed by atoms with Gasteiger partial charge in [0.25, 0.3) is 5.69 Å². The lowest BCUT2D eigenvalue weighted by molar-refractivity contribution is -0.386. The molecule has 0 radical (unpaired) electrons. The number of rotatable bonds is 8. The Morgan fingerprint density at radius 3 is 2.58 bits per heavy atom. The van der Waals surface area contributed by atoms with E-state index in [1.54, 1.807) is 18.2 Å². The van der Waals surface area contributed by atoms with Crippen molar-refractivity contribution >= 4 is 36.4 Å². The molecule has 1 aliphatic rings. The topological polar surface area (TPSA) is 92.3 Å². The van der Waals surface area contributed by atoms with E-state index in [1.165, 1.54) is 12.4 Å². The summed E-state index contributed by atoms with van der Waals surface area (Å²) in [6, 6.07) is 6.60. The van der Waals surface area contributed by atoms with E-state index in [-0.39, 0.29) is 36.3 Å². The number of nitro groups is 1. The number of nitrogens with zero attached hydrogens (tertiary/aromatic N) is 4. The lowest BCUT2D eigenvalue weighted by atomic mass is 10.2. The summed E-state index contributed by atoms with van der Waals surface area (Å²) in [4.78, 5) is 19.7. The molecule has 4 rings (SSSR count). The fourth-order valence-electron chi connectivity index (χ4n) is 5.13. The van der Waals surface area contributed by atoms with Crippen LogP contribution in [0.2, 0.25) is 28.8 Å². The van der Waals surface area contributed by atoms with Crippen molar-refractivity contribution < 1.29 is 14.4 Å². The number of nitro benzene ring substituents is 1. The predicted octanol–water partition coefficient (Wildman–Crippen LogP) is 7.29. The third-order valence-corrected chi connectivity index (χ3v) is 14.8. The van der Waals surface area contributed by atoms with Gasteiger partial charge < -0.3 is 14.0 Å². The molecule has 0 amide bonds. The van der Waals surface area contributed by atoms with E-state index in [0.717, 1.165) is 29.4 Å². The lowest BCUT2D eigenvalue weighted by Crippen LogP contribution is -2.45. The minimum absolute atomic E-state index is 0.0444. The molecule has 0 saturated carbocycles. The molecule has 0 N–H and O–H groups in total. The first-order chi connectivity index (χ1) is 17.0. The van der Waals surface area contributed by atoms with Gasteiger partial charge in [-0.2, -0.15) is 0 Å². The molecule has 10 heteroatoms. The second kappa shape index (κ2) is 10.2. The number of fused-ring (bicyclic) bond motifs is 1. The van der Waals surface area contributed by atoms with Crippen molar-refractivity contribution in [3.8, 4) is 0 Å². The summed E-state index contributed by atoms with van der Waals surface area (Å²) >= 11 is 6.52. The highest BCUT2D eigenvalue weighted by Gasteiger charge is 2.50. The van der Waals surface area contributed by atoms with Crippen LogP contribution < -0.4 is 0 Å². The molecule has 36 heavy (non-hydrogen) atoms. The third-order valence-electron chi connectivity index (χ3n) is 8.15. The Bertz CT molecular complexity index is 1260. The zero-order chi connectivity index (χ0) is 26.3. The molecule has 2 aromatic heterocycles. The molecule has 3 heterocycles. The van der Waals surface area contributed by atoms with Crippen LogP contribution in [0.1, 0.15) is 57.9 Å². The van der Waals surface area contributed by atoms with Crippen LogP contribution in [0.25, 0.3) is 11.0 Å². The highest BCUT2D eigenvalue weighted by Crippen LogP contribution is 2.53. The van der Waals surface area contributed by atoms with E-state index < -0.39 is 13.0 Å². The number of halogens is 1. The van der Waals surface area contributed by atoms with E-state index in [0.29, 0.717) is 16.3 Å². The summed E-state index contributed by atoms with van der Waals surface area (Å²) < 4.78 is 14.7. The number of hydrogen-bond acceptors (Lipinski definition) is 6. The molecule has 0 bridgehead atoms. The summed E-state index contributed by atoms with van der Waals surface area (Å²) in [6.07, 6.45) is 5.41. The standard InChI is InChI=1S/C26H35ClN4O4Si/c1-7-20-21(36(5,6)26(2,3)4)12-22(35-20)30-13-18(23-24(27)28-16-29-25(23)30)15-34-14-17-10-8-9-11-19(17)31(32)33/h8-11,13,16,20-22H,7,12,14-15H2,1-6H3/t20-,21-,22-/m1/s1. The molecule has 1 fully saturated rings. The molecule has 1 aliphatic heterocycles. The number of hydrogen-bond donors (Lipinski definition) is 0. The SMILES string of the molecule is CC[C@H]1O[C@@H](n2cc(COCc3ccccc3[N+](=O)[O-])c3c(Cl)ncnc32)C[C@H]1[Si](C)(C)C(C)(C)C. The van der Waals surface area contributed by atoms with Crippen molar-refractivity contribution in [2.45, 2.75) is 89.8 Å². The molecule has 3 aromatic rings. The molecule has 0 unspecified atom stereocenters. The average molecular weight is 531 g/mol. The van der Waals surface area contributed by atoms with Crippen LogP contribution in [0.15, 0.2) is 36.8 Å². The van der Waals surface area contributed by atoms with E-state index in [9.17, 15) is 10.1 Å². The van der Waals surface area contributed by atoms with Gasteiger partial charge in [0.2, 0.25) is 0 Å². The fraction of sp³-hybridized carbons (Fsp3) is 0.538. The summed E-state index contributed by atoms with van der Waals surface area (Å²) in [5.41, 5.74) is 2.64. The van der Waals surface area contributed by atoms with Gasteiger partial charge in [0.1, 0.15) is 23.4 Å². The van der Waals surface area contributed by atoms with E-state index in [2.05, 4.69) is 55.3 Å². The van der Waals surface area contributed by atoms with Crippen LogP contribution in [0, 0.1) is 10.1 Å². The molecule has 0 spiro atoms. The molecule has 194 valence electrons. The first-order valence-electron chi connectivity index (χ1n) is 12.4. The van der Waals surface area contributed by atoms with Crippen molar-refractivity contribution in [1.82, 2.24) is 14.5 Å². The van der Waals surface area contributed by atoms with E-state index in [4.69, 9.17) is 21.1 Å². The van der Waals surface area contributed by atoms with E-state index in [1.807, 2.05) is 6.20 Å². The summed E-state index contributed by atoms with van der Waals surface area (Å²) in [7, 11) is -1.65. The van der Waals surface area contributed by atoms with Crippen molar-refractivity contribution in [2.24, 2.45) is 0 Å². The Balaban J connectivity index is 1.62. The first-order valence-corrected chi connectivity index (χ1v) is 15.9. The van der Waals surface area contributed by atoms with Gasteiger partial charge in [0, 0.05) is 17.8 Å². The Labute approximate surface area is 218 Å². The number of ether oxygens (including phenoxy) is 2. The van der Waals surface area contributed by atoms with Crippen LogP contribution in [0.3, 0.4) is 0 Å². The van der Waals surface area contributed by atoms with Gasteiger partial charge in [-0.05, 0) is 29.5 Å². The molecular weight excluding hydrogens is 496 g/mol. The molecule has 1 saturated heterocycles. The maximum absolute atomic E-state index is 11.3. The van der Waals surface area contributed by atoms with Crippen molar-refractivity contribution in [1.29, 1.82) is 0 Å². The van der Waals surface area contributed by atoms with Crippen LogP contribution >= 0.6 is 11.6 Å². The third kappa shape index (κ3) is 4.94. The Kier molecular flexibility index (Phi) is 7.57. The van der Waals surface area contributed by atoms with Crippen LogP contribution in [-0.4, -0.2) is 33.6 Å².